The summed E-state index contributed by atoms with van der Waals surface area (Å²) in [5.74, 6) is -0.0491. The summed E-state index contributed by atoms with van der Waals surface area (Å²) in [6, 6.07) is 11.9. The highest BCUT2D eigenvalue weighted by molar-refractivity contribution is 5.86. The predicted octanol–water partition coefficient (Wildman–Crippen LogP) is 4.22. The molecule has 0 atom stereocenters. The van der Waals surface area contributed by atoms with Gasteiger partial charge in [-0.05, 0) is 56.2 Å². The van der Waals surface area contributed by atoms with Crippen LogP contribution in [0.1, 0.15) is 31.1 Å². The molecule has 2 aromatic carbocycles. The summed E-state index contributed by atoms with van der Waals surface area (Å²) in [6.45, 7) is 5.39. The zero-order valence-electron chi connectivity index (χ0n) is 13.3. The Hall–Kier alpha value is -2.82. The second kappa shape index (κ2) is 6.52. The molecular formula is C18H19NO4. The number of rotatable bonds is 3. The number of hydrogen-bond acceptors (Lipinski definition) is 4. The van der Waals surface area contributed by atoms with Gasteiger partial charge in [0.2, 0.25) is 0 Å². The van der Waals surface area contributed by atoms with E-state index in [1.807, 2.05) is 12.1 Å². The van der Waals surface area contributed by atoms with E-state index in [9.17, 15) is 14.7 Å². The Morgan fingerprint density at radius 2 is 1.70 bits per heavy atom. The Labute approximate surface area is 134 Å². The molecule has 0 aliphatic carbocycles. The molecule has 0 aliphatic rings. The first-order valence-corrected chi connectivity index (χ1v) is 7.17. The topological polar surface area (TPSA) is 75.6 Å². The second-order valence-electron chi connectivity index (χ2n) is 6.10. The summed E-state index contributed by atoms with van der Waals surface area (Å²) < 4.78 is 5.18. The van der Waals surface area contributed by atoms with E-state index in [0.29, 0.717) is 12.0 Å². The van der Waals surface area contributed by atoms with Gasteiger partial charge in [-0.1, -0.05) is 18.2 Å². The number of ether oxygens (including phenoxy) is 1. The molecule has 120 valence electrons. The van der Waals surface area contributed by atoms with Gasteiger partial charge in [-0.15, -0.1) is 0 Å². The number of anilines is 1. The largest absolute Gasteiger partial charge is 0.507 e. The lowest BCUT2D eigenvalue weighted by atomic mass is 10.0. The fourth-order valence-corrected chi connectivity index (χ4v) is 2.00. The average molecular weight is 313 g/mol. The monoisotopic (exact) mass is 313 g/mol. The molecule has 0 spiro atoms. The molecule has 0 fully saturated rings. The molecule has 0 heterocycles. The highest BCUT2D eigenvalue weighted by Gasteiger charge is 2.16. The highest BCUT2D eigenvalue weighted by atomic mass is 16.6. The van der Waals surface area contributed by atoms with Crippen LogP contribution >= 0.6 is 0 Å². The molecule has 0 aliphatic heterocycles. The number of phenols is 1. The summed E-state index contributed by atoms with van der Waals surface area (Å²) in [7, 11) is 0. The van der Waals surface area contributed by atoms with Gasteiger partial charge in [0.25, 0.3) is 0 Å². The zero-order valence-corrected chi connectivity index (χ0v) is 13.3. The fourth-order valence-electron chi connectivity index (χ4n) is 2.00. The van der Waals surface area contributed by atoms with Gasteiger partial charge in [-0.2, -0.15) is 0 Å². The minimum Gasteiger partial charge on any atom is -0.507 e. The van der Waals surface area contributed by atoms with Crippen molar-refractivity contribution >= 4 is 18.1 Å². The number of nitrogens with one attached hydrogen (secondary N) is 1. The molecule has 5 nitrogen and oxygen atoms in total. The van der Waals surface area contributed by atoms with Gasteiger partial charge >= 0.3 is 6.09 Å². The predicted molar refractivity (Wildman–Crippen MR) is 88.8 cm³/mol. The molecule has 0 saturated heterocycles. The van der Waals surface area contributed by atoms with Crippen molar-refractivity contribution in [2.75, 3.05) is 5.32 Å². The maximum atomic E-state index is 11.7. The molecule has 0 bridgehead atoms. The van der Waals surface area contributed by atoms with Crippen LogP contribution in [0.3, 0.4) is 0 Å². The standard InChI is InChI=1S/C18H19NO4/c1-18(2,3)23-17(22)19-15-7-4-12(5-8-15)13-6-9-16(21)14(10-13)11-20/h4-11,21H,1-3H3,(H,19,22). The maximum Gasteiger partial charge on any atom is 0.412 e. The molecule has 5 heteroatoms. The van der Waals surface area contributed by atoms with Crippen LogP contribution in [0.4, 0.5) is 10.5 Å². The highest BCUT2D eigenvalue weighted by Crippen LogP contribution is 2.26. The van der Waals surface area contributed by atoms with E-state index < -0.39 is 11.7 Å². The quantitative estimate of drug-likeness (QED) is 0.832. The van der Waals surface area contributed by atoms with Crippen LogP contribution in [0.15, 0.2) is 42.5 Å². The number of carbonyl (C=O) groups excluding carboxylic acids is 2. The van der Waals surface area contributed by atoms with E-state index in [-0.39, 0.29) is 11.3 Å². The van der Waals surface area contributed by atoms with Gasteiger partial charge in [-0.3, -0.25) is 10.1 Å². The van der Waals surface area contributed by atoms with Crippen LogP contribution in [-0.2, 0) is 4.74 Å². The van der Waals surface area contributed by atoms with E-state index >= 15 is 0 Å². The first-order chi connectivity index (χ1) is 10.8. The average Bonchev–Trinajstić information content (AvgIpc) is 2.46. The summed E-state index contributed by atoms with van der Waals surface area (Å²) in [5, 5.41) is 12.2. The van der Waals surface area contributed by atoms with Crippen molar-refractivity contribution in [3.63, 3.8) is 0 Å². The third kappa shape index (κ3) is 4.57. The number of phenolic OH excluding ortho intramolecular Hbond substituents is 1. The van der Waals surface area contributed by atoms with Crippen molar-refractivity contribution in [2.45, 2.75) is 26.4 Å². The Morgan fingerprint density at radius 3 is 2.26 bits per heavy atom. The van der Waals surface area contributed by atoms with E-state index in [0.717, 1.165) is 11.1 Å². The van der Waals surface area contributed by atoms with Gasteiger partial charge in [0.1, 0.15) is 11.4 Å². The van der Waals surface area contributed by atoms with Gasteiger partial charge < -0.3 is 9.84 Å². The molecule has 23 heavy (non-hydrogen) atoms. The normalized spacial score (nSPS) is 10.9. The molecule has 2 aromatic rings. The summed E-state index contributed by atoms with van der Waals surface area (Å²) in [4.78, 5) is 22.6. The number of carbonyl (C=O) groups is 2. The van der Waals surface area contributed by atoms with Crippen LogP contribution in [0.25, 0.3) is 11.1 Å². The summed E-state index contributed by atoms with van der Waals surface area (Å²) in [5.41, 5.74) is 1.95. The van der Waals surface area contributed by atoms with Crippen LogP contribution < -0.4 is 5.32 Å². The van der Waals surface area contributed by atoms with Crippen molar-refractivity contribution in [2.24, 2.45) is 0 Å². The molecular weight excluding hydrogens is 294 g/mol. The Kier molecular flexibility index (Phi) is 4.69. The molecule has 0 radical (unpaired) electrons. The third-order valence-corrected chi connectivity index (χ3v) is 3.02. The SMILES string of the molecule is CC(C)(C)OC(=O)Nc1ccc(-c2ccc(O)c(C=O)c2)cc1. The van der Waals surface area contributed by atoms with Gasteiger partial charge in [0, 0.05) is 5.69 Å². The van der Waals surface area contributed by atoms with E-state index in [1.54, 1.807) is 45.0 Å². The van der Waals surface area contributed by atoms with E-state index in [4.69, 9.17) is 4.74 Å². The van der Waals surface area contributed by atoms with Crippen molar-refractivity contribution in [1.82, 2.24) is 0 Å². The third-order valence-electron chi connectivity index (χ3n) is 3.02. The van der Waals surface area contributed by atoms with E-state index in [1.165, 1.54) is 6.07 Å². The first-order valence-electron chi connectivity index (χ1n) is 7.17. The fraction of sp³-hybridized carbons (Fsp3) is 0.222. The van der Waals surface area contributed by atoms with Crippen LogP contribution in [0, 0.1) is 0 Å². The smallest absolute Gasteiger partial charge is 0.412 e. The minimum absolute atomic E-state index is 0.0491. The Morgan fingerprint density at radius 1 is 1.09 bits per heavy atom. The number of amides is 1. The minimum atomic E-state index is -0.554. The summed E-state index contributed by atoms with van der Waals surface area (Å²) in [6.07, 6.45) is 0.0928. The van der Waals surface area contributed by atoms with Crippen molar-refractivity contribution in [1.29, 1.82) is 0 Å². The molecule has 2 rings (SSSR count). The van der Waals surface area contributed by atoms with E-state index in [2.05, 4.69) is 5.32 Å². The first kappa shape index (κ1) is 16.5. The number of aldehydes is 1. The van der Waals surface area contributed by atoms with Gasteiger partial charge in [-0.25, -0.2) is 4.79 Å². The lowest BCUT2D eigenvalue weighted by molar-refractivity contribution is 0.0636. The lowest BCUT2D eigenvalue weighted by Gasteiger charge is -2.19. The lowest BCUT2D eigenvalue weighted by Crippen LogP contribution is -2.27. The molecule has 1 amide bonds. The molecule has 2 N–H and O–H groups in total. The molecule has 0 unspecified atom stereocenters. The van der Waals surface area contributed by atoms with Crippen LogP contribution in [0.2, 0.25) is 0 Å². The molecule has 0 saturated carbocycles. The number of hydrogen-bond donors (Lipinski definition) is 2. The number of benzene rings is 2. The Balaban J connectivity index is 2.13. The second-order valence-corrected chi connectivity index (χ2v) is 6.10. The van der Waals surface area contributed by atoms with Crippen molar-refractivity contribution in [3.8, 4) is 16.9 Å². The van der Waals surface area contributed by atoms with Gasteiger partial charge in [0.05, 0.1) is 5.56 Å². The maximum absolute atomic E-state index is 11.7. The van der Waals surface area contributed by atoms with Crippen LogP contribution in [0.5, 0.6) is 5.75 Å². The molecule has 0 aromatic heterocycles. The van der Waals surface area contributed by atoms with Crippen molar-refractivity contribution in [3.05, 3.63) is 48.0 Å². The van der Waals surface area contributed by atoms with Gasteiger partial charge in [0.15, 0.2) is 6.29 Å². The van der Waals surface area contributed by atoms with Crippen LogP contribution in [-0.4, -0.2) is 23.1 Å². The number of aromatic hydroxyl groups is 1. The summed E-state index contributed by atoms with van der Waals surface area (Å²) >= 11 is 0. The Bertz CT molecular complexity index is 715. The van der Waals surface area contributed by atoms with Crippen molar-refractivity contribution < 1.29 is 19.4 Å². The zero-order chi connectivity index (χ0) is 17.0.